The van der Waals surface area contributed by atoms with Gasteiger partial charge >= 0.3 is 0 Å². The van der Waals surface area contributed by atoms with Crippen molar-refractivity contribution in [3.8, 4) is 0 Å². The van der Waals surface area contributed by atoms with Gasteiger partial charge in [0.15, 0.2) is 0 Å². The summed E-state index contributed by atoms with van der Waals surface area (Å²) in [6.45, 7) is 13.5. The zero-order valence-corrected chi connectivity index (χ0v) is 18.6. The lowest BCUT2D eigenvalue weighted by Gasteiger charge is -2.05. The summed E-state index contributed by atoms with van der Waals surface area (Å²) in [6, 6.07) is 0. The predicted octanol–water partition coefficient (Wildman–Crippen LogP) is 2.19. The second-order valence-corrected chi connectivity index (χ2v) is 5.66. The molecule has 0 spiro atoms. The minimum Gasteiger partial charge on any atom is -0.382 e. The van der Waals surface area contributed by atoms with E-state index in [4.69, 9.17) is 37.9 Å². The maximum Gasteiger partial charge on any atom is 0.0701 e. The van der Waals surface area contributed by atoms with Crippen LogP contribution in [0.5, 0.6) is 0 Å². The van der Waals surface area contributed by atoms with Gasteiger partial charge in [-0.25, -0.2) is 0 Å². The summed E-state index contributed by atoms with van der Waals surface area (Å²) in [5, 5.41) is 0. The van der Waals surface area contributed by atoms with Crippen molar-refractivity contribution in [2.24, 2.45) is 0 Å². The van der Waals surface area contributed by atoms with E-state index in [0.29, 0.717) is 79.3 Å². The molecule has 0 saturated heterocycles. The van der Waals surface area contributed by atoms with Crippen molar-refractivity contribution < 1.29 is 37.9 Å². The second kappa shape index (κ2) is 31.4. The van der Waals surface area contributed by atoms with Gasteiger partial charge in [0.25, 0.3) is 0 Å². The number of hydrogen-bond donors (Lipinski definition) is 0. The molecule has 0 aliphatic carbocycles. The Bertz CT molecular complexity index is 196. The van der Waals surface area contributed by atoms with Crippen LogP contribution in [0.3, 0.4) is 0 Å². The van der Waals surface area contributed by atoms with Crippen LogP contribution in [0.25, 0.3) is 0 Å². The van der Waals surface area contributed by atoms with Gasteiger partial charge in [-0.15, -0.1) is 0 Å². The molecule has 0 atom stereocenters. The van der Waals surface area contributed by atoms with Gasteiger partial charge in [0.05, 0.1) is 79.3 Å². The van der Waals surface area contributed by atoms with Crippen LogP contribution in [0.1, 0.15) is 26.7 Å². The SMILES string of the molecule is CCCOCCOCCOCCOC.CCCOCCOCCOCCOC. The molecule has 8 nitrogen and oxygen atoms in total. The van der Waals surface area contributed by atoms with Gasteiger partial charge in [0, 0.05) is 27.4 Å². The van der Waals surface area contributed by atoms with E-state index in [1.165, 1.54) is 0 Å². The van der Waals surface area contributed by atoms with E-state index in [1.807, 2.05) is 0 Å². The summed E-state index contributed by atoms with van der Waals surface area (Å²) >= 11 is 0. The molecule has 0 aliphatic rings. The van der Waals surface area contributed by atoms with Crippen LogP contribution >= 0.6 is 0 Å². The van der Waals surface area contributed by atoms with Gasteiger partial charge < -0.3 is 37.9 Å². The van der Waals surface area contributed by atoms with Gasteiger partial charge in [0.1, 0.15) is 0 Å². The Kier molecular flexibility index (Phi) is 33.5. The monoisotopic (exact) mass is 412 g/mol. The highest BCUT2D eigenvalue weighted by molar-refractivity contribution is 4.34. The molecule has 0 aromatic carbocycles. The molecule has 0 N–H and O–H groups in total. The van der Waals surface area contributed by atoms with Crippen LogP contribution in [-0.4, -0.2) is 107 Å². The molecular weight excluding hydrogens is 368 g/mol. The predicted molar refractivity (Wildman–Crippen MR) is 109 cm³/mol. The average molecular weight is 413 g/mol. The molecule has 0 rings (SSSR count). The lowest BCUT2D eigenvalue weighted by molar-refractivity contribution is 0.00377. The highest BCUT2D eigenvalue weighted by atomic mass is 16.6. The molecule has 0 aromatic heterocycles. The van der Waals surface area contributed by atoms with Crippen molar-refractivity contribution in [1.29, 1.82) is 0 Å². The summed E-state index contributed by atoms with van der Waals surface area (Å²) in [5.41, 5.74) is 0. The number of ether oxygens (including phenoxy) is 8. The van der Waals surface area contributed by atoms with Gasteiger partial charge in [0.2, 0.25) is 0 Å². The molecule has 0 aliphatic heterocycles. The highest BCUT2D eigenvalue weighted by Gasteiger charge is 1.91. The largest absolute Gasteiger partial charge is 0.382 e. The minimum absolute atomic E-state index is 0.622. The Labute approximate surface area is 172 Å². The molecular formula is C20H44O8. The fourth-order valence-corrected chi connectivity index (χ4v) is 1.66. The maximum absolute atomic E-state index is 5.27. The van der Waals surface area contributed by atoms with E-state index >= 15 is 0 Å². The highest BCUT2D eigenvalue weighted by Crippen LogP contribution is 1.84. The molecule has 0 unspecified atom stereocenters. The molecule has 28 heavy (non-hydrogen) atoms. The van der Waals surface area contributed by atoms with E-state index < -0.39 is 0 Å². The fourth-order valence-electron chi connectivity index (χ4n) is 1.66. The van der Waals surface area contributed by atoms with Crippen LogP contribution < -0.4 is 0 Å². The first-order valence-electron chi connectivity index (χ1n) is 10.3. The Hall–Kier alpha value is -0.320. The van der Waals surface area contributed by atoms with Crippen LogP contribution in [0.2, 0.25) is 0 Å². The molecule has 0 amide bonds. The van der Waals surface area contributed by atoms with Crippen molar-refractivity contribution in [1.82, 2.24) is 0 Å². The Balaban J connectivity index is 0. The number of methoxy groups -OCH3 is 2. The van der Waals surface area contributed by atoms with Crippen LogP contribution in [-0.2, 0) is 37.9 Å². The topological polar surface area (TPSA) is 73.8 Å². The molecule has 0 saturated carbocycles. The van der Waals surface area contributed by atoms with Crippen molar-refractivity contribution >= 4 is 0 Å². The normalized spacial score (nSPS) is 10.7. The van der Waals surface area contributed by atoms with E-state index in [0.717, 1.165) is 26.1 Å². The third-order valence-electron chi connectivity index (χ3n) is 3.05. The average Bonchev–Trinajstić information content (AvgIpc) is 2.71. The van der Waals surface area contributed by atoms with E-state index in [2.05, 4.69) is 13.8 Å². The minimum atomic E-state index is 0.622. The van der Waals surface area contributed by atoms with Crippen molar-refractivity contribution in [3.05, 3.63) is 0 Å². The van der Waals surface area contributed by atoms with E-state index in [1.54, 1.807) is 14.2 Å². The molecule has 8 heteroatoms. The maximum atomic E-state index is 5.27. The van der Waals surface area contributed by atoms with E-state index in [9.17, 15) is 0 Å². The Morgan fingerprint density at radius 1 is 0.321 bits per heavy atom. The lowest BCUT2D eigenvalue weighted by Crippen LogP contribution is -2.11. The summed E-state index contributed by atoms with van der Waals surface area (Å²) in [5.74, 6) is 0. The number of rotatable bonds is 22. The van der Waals surface area contributed by atoms with Gasteiger partial charge in [-0.3, -0.25) is 0 Å². The van der Waals surface area contributed by atoms with Gasteiger partial charge in [-0.05, 0) is 12.8 Å². The molecule has 172 valence electrons. The summed E-state index contributed by atoms with van der Waals surface area (Å²) in [4.78, 5) is 0. The zero-order valence-electron chi connectivity index (χ0n) is 18.6. The second-order valence-electron chi connectivity index (χ2n) is 5.66. The van der Waals surface area contributed by atoms with Crippen LogP contribution in [0, 0.1) is 0 Å². The summed E-state index contributed by atoms with van der Waals surface area (Å²) in [7, 11) is 3.32. The molecule has 0 aromatic rings. The smallest absolute Gasteiger partial charge is 0.0701 e. The van der Waals surface area contributed by atoms with Crippen molar-refractivity contribution in [2.75, 3.05) is 107 Å². The first-order valence-corrected chi connectivity index (χ1v) is 10.3. The fraction of sp³-hybridized carbons (Fsp3) is 1.00. The molecule has 0 heterocycles. The van der Waals surface area contributed by atoms with Crippen molar-refractivity contribution in [3.63, 3.8) is 0 Å². The van der Waals surface area contributed by atoms with Crippen LogP contribution in [0.4, 0.5) is 0 Å². The molecule has 0 bridgehead atoms. The van der Waals surface area contributed by atoms with Gasteiger partial charge in [-0.1, -0.05) is 13.8 Å². The van der Waals surface area contributed by atoms with E-state index in [-0.39, 0.29) is 0 Å². The summed E-state index contributed by atoms with van der Waals surface area (Å²) in [6.07, 6.45) is 2.11. The lowest BCUT2D eigenvalue weighted by atomic mass is 10.5. The summed E-state index contributed by atoms with van der Waals surface area (Å²) < 4.78 is 41.1. The molecule has 0 radical (unpaired) electrons. The number of hydrogen-bond acceptors (Lipinski definition) is 8. The zero-order chi connectivity index (χ0) is 21.0. The molecule has 0 fully saturated rings. The Morgan fingerprint density at radius 2 is 0.536 bits per heavy atom. The third-order valence-corrected chi connectivity index (χ3v) is 3.05. The van der Waals surface area contributed by atoms with Crippen molar-refractivity contribution in [2.45, 2.75) is 26.7 Å². The van der Waals surface area contributed by atoms with Gasteiger partial charge in [-0.2, -0.15) is 0 Å². The Morgan fingerprint density at radius 3 is 0.750 bits per heavy atom. The first-order chi connectivity index (χ1) is 13.8. The first kappa shape index (κ1) is 29.9. The van der Waals surface area contributed by atoms with Crippen LogP contribution in [0.15, 0.2) is 0 Å². The standard InChI is InChI=1S/2C10H22O4/c2*1-3-4-12-7-8-14-10-9-13-6-5-11-2/h2*3-10H2,1-2H3. The quantitative estimate of drug-likeness (QED) is 0.251. The third kappa shape index (κ3) is 33.3.